The Morgan fingerprint density at radius 3 is 2.38 bits per heavy atom. The van der Waals surface area contributed by atoms with Crippen molar-refractivity contribution in [3.8, 4) is 11.3 Å². The molecular formula is C22H18N4. The summed E-state index contributed by atoms with van der Waals surface area (Å²) in [6.07, 6.45) is 0. The van der Waals surface area contributed by atoms with Crippen LogP contribution in [0.4, 0.5) is 17.2 Å². The molecule has 0 bridgehead atoms. The van der Waals surface area contributed by atoms with E-state index in [0.717, 1.165) is 44.9 Å². The number of fused-ring (bicyclic) bond motifs is 2. The number of hydrogen-bond donors (Lipinski definition) is 4. The maximum atomic E-state index is 6.11. The van der Waals surface area contributed by atoms with Crippen LogP contribution in [0, 0.1) is 0 Å². The van der Waals surface area contributed by atoms with Crippen molar-refractivity contribution in [1.82, 2.24) is 9.97 Å². The van der Waals surface area contributed by atoms with Crippen molar-refractivity contribution in [2.24, 2.45) is 0 Å². The number of nitrogen functional groups attached to an aromatic ring is 1. The van der Waals surface area contributed by atoms with E-state index in [1.54, 1.807) is 0 Å². The number of hydrogen-bond acceptors (Lipinski definition) is 2. The first-order valence-corrected chi connectivity index (χ1v) is 8.59. The van der Waals surface area contributed by atoms with Gasteiger partial charge in [0, 0.05) is 44.4 Å². The van der Waals surface area contributed by atoms with Crippen LogP contribution in [-0.4, -0.2) is 9.97 Å². The fourth-order valence-electron chi connectivity index (χ4n) is 3.39. The van der Waals surface area contributed by atoms with Gasteiger partial charge in [-0.15, -0.1) is 0 Å². The zero-order valence-corrected chi connectivity index (χ0v) is 14.1. The first-order chi connectivity index (χ1) is 12.8. The van der Waals surface area contributed by atoms with Crippen LogP contribution in [0.25, 0.3) is 33.1 Å². The summed E-state index contributed by atoms with van der Waals surface area (Å²) < 4.78 is 0. The molecule has 126 valence electrons. The number of benzene rings is 3. The Hall–Kier alpha value is -3.66. The molecule has 0 atom stereocenters. The third-order valence-corrected chi connectivity index (χ3v) is 4.68. The van der Waals surface area contributed by atoms with E-state index >= 15 is 0 Å². The van der Waals surface area contributed by atoms with Gasteiger partial charge in [-0.2, -0.15) is 0 Å². The van der Waals surface area contributed by atoms with Gasteiger partial charge < -0.3 is 21.0 Å². The van der Waals surface area contributed by atoms with Gasteiger partial charge in [0.1, 0.15) is 5.82 Å². The van der Waals surface area contributed by atoms with Crippen molar-refractivity contribution in [1.29, 1.82) is 0 Å². The van der Waals surface area contributed by atoms with Crippen LogP contribution in [0.15, 0.2) is 78.9 Å². The van der Waals surface area contributed by atoms with E-state index in [1.807, 2.05) is 36.4 Å². The van der Waals surface area contributed by atoms with Crippen molar-refractivity contribution >= 4 is 39.0 Å². The van der Waals surface area contributed by atoms with E-state index in [4.69, 9.17) is 5.73 Å². The minimum Gasteiger partial charge on any atom is -0.398 e. The smallest absolute Gasteiger partial charge is 0.108 e. The number of anilines is 3. The standard InChI is InChI=1S/C22H18N4/c23-18-7-3-2-6-17(18)21-12-15-11-16(9-10-20(15)25-21)24-22-13-14-5-1-4-8-19(14)26-22/h1-13,24-26H,23H2. The van der Waals surface area contributed by atoms with Gasteiger partial charge >= 0.3 is 0 Å². The Kier molecular flexibility index (Phi) is 3.22. The normalized spacial score (nSPS) is 11.2. The monoisotopic (exact) mass is 338 g/mol. The minimum atomic E-state index is 0.774. The van der Waals surface area contributed by atoms with E-state index in [1.165, 1.54) is 5.39 Å². The number of para-hydroxylation sites is 2. The van der Waals surface area contributed by atoms with Crippen molar-refractivity contribution in [3.05, 3.63) is 78.9 Å². The van der Waals surface area contributed by atoms with Crippen LogP contribution >= 0.6 is 0 Å². The van der Waals surface area contributed by atoms with E-state index in [9.17, 15) is 0 Å². The second kappa shape index (κ2) is 5.70. The molecule has 0 spiro atoms. The molecule has 4 nitrogen and oxygen atoms in total. The molecule has 2 aromatic heterocycles. The van der Waals surface area contributed by atoms with Crippen molar-refractivity contribution in [3.63, 3.8) is 0 Å². The average Bonchev–Trinajstić information content (AvgIpc) is 3.24. The average molecular weight is 338 g/mol. The summed E-state index contributed by atoms with van der Waals surface area (Å²) in [5.74, 6) is 0.980. The minimum absolute atomic E-state index is 0.774. The summed E-state index contributed by atoms with van der Waals surface area (Å²) in [4.78, 5) is 6.84. The summed E-state index contributed by atoms with van der Waals surface area (Å²) in [6, 6.07) is 26.7. The lowest BCUT2D eigenvalue weighted by Gasteiger charge is -2.03. The van der Waals surface area contributed by atoms with E-state index < -0.39 is 0 Å². The van der Waals surface area contributed by atoms with Crippen LogP contribution in [0.3, 0.4) is 0 Å². The summed E-state index contributed by atoms with van der Waals surface area (Å²) >= 11 is 0. The van der Waals surface area contributed by atoms with Crippen molar-refractivity contribution < 1.29 is 0 Å². The van der Waals surface area contributed by atoms with Gasteiger partial charge in [0.25, 0.3) is 0 Å². The fraction of sp³-hybridized carbons (Fsp3) is 0. The molecule has 26 heavy (non-hydrogen) atoms. The largest absolute Gasteiger partial charge is 0.398 e. The summed E-state index contributed by atoms with van der Waals surface area (Å²) in [7, 11) is 0. The molecule has 0 radical (unpaired) electrons. The molecule has 0 saturated carbocycles. The Bertz CT molecular complexity index is 1200. The van der Waals surface area contributed by atoms with Gasteiger partial charge in [-0.1, -0.05) is 36.4 Å². The maximum Gasteiger partial charge on any atom is 0.108 e. The van der Waals surface area contributed by atoms with Crippen LogP contribution < -0.4 is 11.1 Å². The Morgan fingerprint density at radius 1 is 0.692 bits per heavy atom. The second-order valence-electron chi connectivity index (χ2n) is 6.47. The molecule has 0 aliphatic rings. The Morgan fingerprint density at radius 2 is 1.50 bits per heavy atom. The molecule has 0 aliphatic carbocycles. The third-order valence-electron chi connectivity index (χ3n) is 4.68. The van der Waals surface area contributed by atoms with Crippen molar-refractivity contribution in [2.45, 2.75) is 0 Å². The first kappa shape index (κ1) is 14.7. The van der Waals surface area contributed by atoms with E-state index in [2.05, 4.69) is 57.7 Å². The van der Waals surface area contributed by atoms with E-state index in [0.29, 0.717) is 0 Å². The number of aromatic amines is 2. The zero-order valence-electron chi connectivity index (χ0n) is 14.1. The molecule has 5 rings (SSSR count). The highest BCUT2D eigenvalue weighted by atomic mass is 15.0. The van der Waals surface area contributed by atoms with Gasteiger partial charge in [-0.05, 0) is 42.5 Å². The van der Waals surface area contributed by atoms with Gasteiger partial charge in [0.15, 0.2) is 0 Å². The molecule has 0 saturated heterocycles. The Labute approximate surface area is 150 Å². The first-order valence-electron chi connectivity index (χ1n) is 8.59. The van der Waals surface area contributed by atoms with Crippen LogP contribution in [-0.2, 0) is 0 Å². The van der Waals surface area contributed by atoms with Gasteiger partial charge in [-0.25, -0.2) is 0 Å². The van der Waals surface area contributed by atoms with Crippen molar-refractivity contribution in [2.75, 3.05) is 11.1 Å². The van der Waals surface area contributed by atoms with Gasteiger partial charge in [0.05, 0.1) is 0 Å². The van der Waals surface area contributed by atoms with Gasteiger partial charge in [0.2, 0.25) is 0 Å². The number of H-pyrrole nitrogens is 2. The number of aromatic nitrogens is 2. The molecule has 2 heterocycles. The number of nitrogens with two attached hydrogens (primary N) is 1. The summed E-state index contributed by atoms with van der Waals surface area (Å²) in [6.45, 7) is 0. The van der Waals surface area contributed by atoms with Crippen LogP contribution in [0.2, 0.25) is 0 Å². The van der Waals surface area contributed by atoms with Crippen LogP contribution in [0.1, 0.15) is 0 Å². The predicted molar refractivity (Wildman–Crippen MR) is 110 cm³/mol. The fourth-order valence-corrected chi connectivity index (χ4v) is 3.39. The topological polar surface area (TPSA) is 69.6 Å². The highest BCUT2D eigenvalue weighted by Gasteiger charge is 2.07. The molecule has 3 aromatic carbocycles. The Balaban J connectivity index is 1.50. The maximum absolute atomic E-state index is 6.11. The predicted octanol–water partition coefficient (Wildman–Crippen LogP) is 5.64. The quantitative estimate of drug-likeness (QED) is 0.321. The number of rotatable bonds is 3. The molecular weight excluding hydrogens is 320 g/mol. The van der Waals surface area contributed by atoms with Gasteiger partial charge in [-0.3, -0.25) is 0 Å². The number of nitrogens with one attached hydrogen (secondary N) is 3. The highest BCUT2D eigenvalue weighted by Crippen LogP contribution is 2.30. The molecule has 0 unspecified atom stereocenters. The second-order valence-corrected chi connectivity index (χ2v) is 6.47. The van der Waals surface area contributed by atoms with E-state index in [-0.39, 0.29) is 0 Å². The molecule has 5 N–H and O–H groups in total. The molecule has 0 fully saturated rings. The SMILES string of the molecule is Nc1ccccc1-c1cc2cc(Nc3cc4ccccc4[nH]3)ccc2[nH]1. The third kappa shape index (κ3) is 2.48. The lowest BCUT2D eigenvalue weighted by Crippen LogP contribution is -1.89. The lowest BCUT2D eigenvalue weighted by atomic mass is 10.1. The molecule has 4 heteroatoms. The summed E-state index contributed by atoms with van der Waals surface area (Å²) in [5, 5.41) is 5.79. The zero-order chi connectivity index (χ0) is 17.5. The molecule has 0 aliphatic heterocycles. The molecule has 0 amide bonds. The highest BCUT2D eigenvalue weighted by molar-refractivity contribution is 5.91. The molecule has 5 aromatic rings. The lowest BCUT2D eigenvalue weighted by molar-refractivity contribution is 1.42. The summed E-state index contributed by atoms with van der Waals surface area (Å²) in [5.41, 5.74) is 12.2. The van der Waals surface area contributed by atoms with Crippen LogP contribution in [0.5, 0.6) is 0 Å².